The predicted molar refractivity (Wildman–Crippen MR) is 89.7 cm³/mol. The number of carbonyl (C=O) groups excluding carboxylic acids is 1. The Kier molecular flexibility index (Phi) is 7.13. The number of benzene rings is 1. The molecule has 0 radical (unpaired) electrons. The zero-order valence-electron chi connectivity index (χ0n) is 12.1. The van der Waals surface area contributed by atoms with Gasteiger partial charge in [-0.25, -0.2) is 0 Å². The summed E-state index contributed by atoms with van der Waals surface area (Å²) in [5.41, 5.74) is 6.58. The van der Waals surface area contributed by atoms with Crippen molar-refractivity contribution in [3.05, 3.63) is 34.3 Å². The first-order chi connectivity index (χ1) is 9.49. The van der Waals surface area contributed by atoms with Gasteiger partial charge in [0.15, 0.2) is 0 Å². The molecule has 0 aliphatic carbocycles. The monoisotopic (exact) mass is 376 g/mol. The molecule has 4 nitrogen and oxygen atoms in total. The van der Waals surface area contributed by atoms with Crippen LogP contribution in [0.15, 0.2) is 28.7 Å². The summed E-state index contributed by atoms with van der Waals surface area (Å²) in [5.74, 6) is -0.0664. The highest BCUT2D eigenvalue weighted by atomic mass is 79.9. The average Bonchev–Trinajstić information content (AvgIpc) is 2.39. The molecule has 0 bridgehead atoms. The maximum atomic E-state index is 12.3. The Morgan fingerprint density at radius 1 is 1.48 bits per heavy atom. The first-order valence-electron chi connectivity index (χ1n) is 6.92. The van der Waals surface area contributed by atoms with Gasteiger partial charge in [0.1, 0.15) is 0 Å². The van der Waals surface area contributed by atoms with Crippen molar-refractivity contribution in [3.8, 4) is 0 Å². The van der Waals surface area contributed by atoms with Crippen molar-refractivity contribution in [2.45, 2.75) is 37.8 Å². The van der Waals surface area contributed by atoms with Crippen LogP contribution < -0.4 is 11.1 Å². The number of halogens is 2. The second-order valence-corrected chi connectivity index (χ2v) is 6.39. The molecule has 1 saturated heterocycles. The summed E-state index contributed by atoms with van der Waals surface area (Å²) in [4.78, 5) is 12.3. The van der Waals surface area contributed by atoms with Gasteiger partial charge < -0.3 is 15.8 Å². The van der Waals surface area contributed by atoms with E-state index in [1.165, 1.54) is 5.56 Å². The van der Waals surface area contributed by atoms with Gasteiger partial charge in [-0.1, -0.05) is 28.1 Å². The summed E-state index contributed by atoms with van der Waals surface area (Å²) in [5, 5.41) is 3.02. The molecule has 118 valence electrons. The van der Waals surface area contributed by atoms with E-state index in [1.54, 1.807) is 0 Å². The molecule has 1 unspecified atom stereocenters. The standard InChI is InChI=1S/C15H21BrN2O2.ClH/c1-11(9-12-3-2-4-13(16)10-12)18-14(19)15(17)5-7-20-8-6-15;/h2-4,10-11H,5-9,17H2,1H3,(H,18,19);1H. The van der Waals surface area contributed by atoms with Crippen molar-refractivity contribution in [1.29, 1.82) is 0 Å². The van der Waals surface area contributed by atoms with Crippen molar-refractivity contribution in [1.82, 2.24) is 5.32 Å². The van der Waals surface area contributed by atoms with Crippen molar-refractivity contribution in [3.63, 3.8) is 0 Å². The molecular weight excluding hydrogens is 356 g/mol. The van der Waals surface area contributed by atoms with Gasteiger partial charge in [-0.05, 0) is 43.9 Å². The molecule has 1 amide bonds. The number of nitrogens with two attached hydrogens (primary N) is 1. The van der Waals surface area contributed by atoms with Crippen LogP contribution >= 0.6 is 28.3 Å². The Morgan fingerprint density at radius 3 is 2.76 bits per heavy atom. The normalized spacial score (nSPS) is 18.4. The lowest BCUT2D eigenvalue weighted by atomic mass is 9.90. The SMILES string of the molecule is CC(Cc1cccc(Br)c1)NC(=O)C1(N)CCOCC1.Cl. The molecule has 1 aromatic carbocycles. The highest BCUT2D eigenvalue weighted by Crippen LogP contribution is 2.18. The van der Waals surface area contributed by atoms with Gasteiger partial charge in [0.25, 0.3) is 0 Å². The van der Waals surface area contributed by atoms with Crippen LogP contribution in [0.25, 0.3) is 0 Å². The lowest BCUT2D eigenvalue weighted by Crippen LogP contribution is -2.58. The second-order valence-electron chi connectivity index (χ2n) is 5.48. The summed E-state index contributed by atoms with van der Waals surface area (Å²) < 4.78 is 6.31. The molecule has 1 aromatic rings. The van der Waals surface area contributed by atoms with E-state index in [0.717, 1.165) is 10.9 Å². The minimum Gasteiger partial charge on any atom is -0.381 e. The number of rotatable bonds is 4. The lowest BCUT2D eigenvalue weighted by molar-refractivity contribution is -0.130. The molecule has 0 spiro atoms. The highest BCUT2D eigenvalue weighted by molar-refractivity contribution is 9.10. The number of nitrogens with one attached hydrogen (secondary N) is 1. The Morgan fingerprint density at radius 2 is 2.14 bits per heavy atom. The zero-order chi connectivity index (χ0) is 14.6. The van der Waals surface area contributed by atoms with Gasteiger partial charge >= 0.3 is 0 Å². The van der Waals surface area contributed by atoms with Crippen LogP contribution in [-0.2, 0) is 16.0 Å². The summed E-state index contributed by atoms with van der Waals surface area (Å²) >= 11 is 3.45. The van der Waals surface area contributed by atoms with Crippen LogP contribution in [0, 0.1) is 0 Å². The van der Waals surface area contributed by atoms with Crippen LogP contribution in [-0.4, -0.2) is 30.7 Å². The summed E-state index contributed by atoms with van der Waals surface area (Å²) in [6.07, 6.45) is 1.96. The van der Waals surface area contributed by atoms with E-state index in [0.29, 0.717) is 26.1 Å². The number of carbonyl (C=O) groups is 1. The summed E-state index contributed by atoms with van der Waals surface area (Å²) in [6.45, 7) is 3.12. The molecule has 6 heteroatoms. The fourth-order valence-corrected chi connectivity index (χ4v) is 2.85. The maximum absolute atomic E-state index is 12.3. The Labute approximate surface area is 140 Å². The molecule has 3 N–H and O–H groups in total. The van der Waals surface area contributed by atoms with E-state index < -0.39 is 5.54 Å². The van der Waals surface area contributed by atoms with Gasteiger partial charge in [-0.2, -0.15) is 0 Å². The molecule has 1 fully saturated rings. The quantitative estimate of drug-likeness (QED) is 0.847. The third kappa shape index (κ3) is 5.25. The molecule has 1 aliphatic rings. The Balaban J connectivity index is 0.00000220. The third-order valence-corrected chi connectivity index (χ3v) is 4.14. The van der Waals surface area contributed by atoms with Gasteiger partial charge in [-0.15, -0.1) is 12.4 Å². The Hall–Kier alpha value is -0.620. The van der Waals surface area contributed by atoms with E-state index in [9.17, 15) is 4.79 Å². The second kappa shape index (κ2) is 8.13. The average molecular weight is 378 g/mol. The smallest absolute Gasteiger partial charge is 0.240 e. The zero-order valence-corrected chi connectivity index (χ0v) is 14.5. The van der Waals surface area contributed by atoms with Gasteiger partial charge in [-0.3, -0.25) is 4.79 Å². The molecule has 21 heavy (non-hydrogen) atoms. The van der Waals surface area contributed by atoms with Gasteiger partial charge in [0, 0.05) is 23.7 Å². The maximum Gasteiger partial charge on any atom is 0.240 e. The van der Waals surface area contributed by atoms with Gasteiger partial charge in [0.05, 0.1) is 5.54 Å². The van der Waals surface area contributed by atoms with Crippen LogP contribution in [0.4, 0.5) is 0 Å². The largest absolute Gasteiger partial charge is 0.381 e. The first kappa shape index (κ1) is 18.4. The molecule has 2 rings (SSSR count). The number of hydrogen-bond donors (Lipinski definition) is 2. The predicted octanol–water partition coefficient (Wildman–Crippen LogP) is 2.43. The van der Waals surface area contributed by atoms with Gasteiger partial charge in [0.2, 0.25) is 5.91 Å². The van der Waals surface area contributed by atoms with Crippen molar-refractivity contribution in [2.24, 2.45) is 5.73 Å². The molecule has 1 heterocycles. The fraction of sp³-hybridized carbons (Fsp3) is 0.533. The van der Waals surface area contributed by atoms with Crippen molar-refractivity contribution >= 4 is 34.2 Å². The highest BCUT2D eigenvalue weighted by Gasteiger charge is 2.36. The molecule has 0 aromatic heterocycles. The number of amides is 1. The fourth-order valence-electron chi connectivity index (χ4n) is 2.40. The van der Waals surface area contributed by atoms with Crippen molar-refractivity contribution < 1.29 is 9.53 Å². The summed E-state index contributed by atoms with van der Waals surface area (Å²) in [7, 11) is 0. The minimum atomic E-state index is -0.774. The molecular formula is C15H22BrClN2O2. The van der Waals surface area contributed by atoms with Crippen LogP contribution in [0.3, 0.4) is 0 Å². The van der Waals surface area contributed by atoms with E-state index in [1.807, 2.05) is 19.1 Å². The van der Waals surface area contributed by atoms with Crippen LogP contribution in [0.5, 0.6) is 0 Å². The number of ether oxygens (including phenoxy) is 1. The molecule has 1 aliphatic heterocycles. The lowest BCUT2D eigenvalue weighted by Gasteiger charge is -2.33. The minimum absolute atomic E-state index is 0. The van der Waals surface area contributed by atoms with Crippen LogP contribution in [0.2, 0.25) is 0 Å². The molecule has 1 atom stereocenters. The van der Waals surface area contributed by atoms with E-state index in [4.69, 9.17) is 10.5 Å². The topological polar surface area (TPSA) is 64.4 Å². The third-order valence-electron chi connectivity index (χ3n) is 3.65. The number of hydrogen-bond acceptors (Lipinski definition) is 3. The van der Waals surface area contributed by atoms with E-state index in [2.05, 4.69) is 33.4 Å². The first-order valence-corrected chi connectivity index (χ1v) is 7.71. The van der Waals surface area contributed by atoms with Crippen LogP contribution in [0.1, 0.15) is 25.3 Å². The van der Waals surface area contributed by atoms with E-state index in [-0.39, 0.29) is 24.4 Å². The van der Waals surface area contributed by atoms with Crippen molar-refractivity contribution in [2.75, 3.05) is 13.2 Å². The molecule has 0 saturated carbocycles. The Bertz CT molecular complexity index is 478. The summed E-state index contributed by atoms with van der Waals surface area (Å²) in [6, 6.07) is 8.16. The van der Waals surface area contributed by atoms with E-state index >= 15 is 0 Å².